The zero-order chi connectivity index (χ0) is 34.2. The van der Waals surface area contributed by atoms with Gasteiger partial charge in [0.1, 0.15) is 0 Å². The highest BCUT2D eigenvalue weighted by Crippen LogP contribution is 2.68. The third-order valence-corrected chi connectivity index (χ3v) is 11.2. The van der Waals surface area contributed by atoms with Crippen LogP contribution in [0, 0.1) is 0 Å². The van der Waals surface area contributed by atoms with Crippen molar-refractivity contribution in [3.8, 4) is 45.3 Å². The number of benzene rings is 7. The molecule has 0 bridgehead atoms. The van der Waals surface area contributed by atoms with Crippen LogP contribution in [0.5, 0.6) is 23.0 Å². The lowest BCUT2D eigenvalue weighted by molar-refractivity contribution is 0.355. The zero-order valence-corrected chi connectivity index (χ0v) is 28.4. The van der Waals surface area contributed by atoms with Crippen molar-refractivity contribution >= 4 is 22.6 Å². The summed E-state index contributed by atoms with van der Waals surface area (Å²) in [5, 5.41) is 0. The minimum absolute atomic E-state index is 0.497. The van der Waals surface area contributed by atoms with Crippen LogP contribution in [0.15, 0.2) is 182 Å². The second kappa shape index (κ2) is 11.2. The minimum Gasteiger partial charge on any atom is -0.449 e. The zero-order valence-electron chi connectivity index (χ0n) is 28.4. The van der Waals surface area contributed by atoms with Crippen molar-refractivity contribution in [2.75, 3.05) is 4.90 Å². The number of para-hydroxylation sites is 2. The highest BCUT2D eigenvalue weighted by Gasteiger charge is 2.56. The highest BCUT2D eigenvalue weighted by molar-refractivity contribution is 6.02. The van der Waals surface area contributed by atoms with Crippen LogP contribution in [-0.4, -0.2) is 0 Å². The van der Waals surface area contributed by atoms with Crippen LogP contribution in [0.25, 0.3) is 27.8 Å². The molecular formula is C49H33NO2. The summed E-state index contributed by atoms with van der Waals surface area (Å²) in [7, 11) is 0. The second-order valence-corrected chi connectivity index (χ2v) is 13.9. The maximum atomic E-state index is 7.21. The highest BCUT2D eigenvalue weighted by atomic mass is 16.6. The number of nitrogens with zero attached hydrogens (tertiary/aromatic N) is 1. The Bertz CT molecular complexity index is 2640. The Morgan fingerprint density at radius 3 is 1.94 bits per heavy atom. The third-order valence-electron chi connectivity index (χ3n) is 11.2. The molecule has 0 fully saturated rings. The number of anilines is 3. The van der Waals surface area contributed by atoms with Gasteiger partial charge in [-0.3, -0.25) is 0 Å². The van der Waals surface area contributed by atoms with Gasteiger partial charge in [0.15, 0.2) is 23.0 Å². The van der Waals surface area contributed by atoms with E-state index in [4.69, 9.17) is 9.47 Å². The molecule has 3 heteroatoms. The van der Waals surface area contributed by atoms with E-state index >= 15 is 0 Å². The Balaban J connectivity index is 1.11. The summed E-state index contributed by atoms with van der Waals surface area (Å²) in [6.07, 6.45) is 6.97. The molecule has 0 saturated carbocycles. The average Bonchev–Trinajstić information content (AvgIpc) is 3.69. The lowest BCUT2D eigenvalue weighted by atomic mass is 9.69. The van der Waals surface area contributed by atoms with Crippen LogP contribution >= 0.6 is 0 Å². The fourth-order valence-electron chi connectivity index (χ4n) is 9.12. The minimum atomic E-state index is -0.497. The number of hydrogen-bond acceptors (Lipinski definition) is 3. The van der Waals surface area contributed by atoms with E-state index in [0.717, 1.165) is 52.5 Å². The molecule has 246 valence electrons. The molecule has 3 nitrogen and oxygen atoms in total. The first-order valence-electron chi connectivity index (χ1n) is 18.1. The average molecular weight is 668 g/mol. The van der Waals surface area contributed by atoms with Crippen molar-refractivity contribution in [1.82, 2.24) is 0 Å². The van der Waals surface area contributed by atoms with Gasteiger partial charge in [-0.25, -0.2) is 0 Å². The number of ether oxygens (including phenoxy) is 2. The summed E-state index contributed by atoms with van der Waals surface area (Å²) in [4.78, 5) is 2.31. The van der Waals surface area contributed by atoms with Gasteiger partial charge in [-0.2, -0.15) is 0 Å². The van der Waals surface area contributed by atoms with Crippen LogP contribution in [-0.2, 0) is 5.41 Å². The molecule has 4 aliphatic rings. The molecule has 1 heterocycles. The van der Waals surface area contributed by atoms with E-state index in [2.05, 4.69) is 175 Å². The van der Waals surface area contributed by atoms with E-state index < -0.39 is 5.41 Å². The van der Waals surface area contributed by atoms with Crippen molar-refractivity contribution in [2.24, 2.45) is 0 Å². The third kappa shape index (κ3) is 4.02. The monoisotopic (exact) mass is 667 g/mol. The van der Waals surface area contributed by atoms with Gasteiger partial charge in [0.25, 0.3) is 0 Å². The van der Waals surface area contributed by atoms with Crippen LogP contribution in [0.3, 0.4) is 0 Å². The van der Waals surface area contributed by atoms with Gasteiger partial charge < -0.3 is 14.4 Å². The van der Waals surface area contributed by atoms with Crippen molar-refractivity contribution in [3.63, 3.8) is 0 Å². The fraction of sp³-hybridized carbons (Fsp3) is 0.0612. The second-order valence-electron chi connectivity index (χ2n) is 13.9. The molecule has 1 unspecified atom stereocenters. The van der Waals surface area contributed by atoms with Crippen molar-refractivity contribution in [2.45, 2.75) is 18.3 Å². The lowest BCUT2D eigenvalue weighted by Gasteiger charge is -2.34. The Kier molecular flexibility index (Phi) is 6.29. The molecule has 7 aromatic rings. The van der Waals surface area contributed by atoms with Gasteiger partial charge in [-0.15, -0.1) is 0 Å². The van der Waals surface area contributed by atoms with Gasteiger partial charge in [-0.1, -0.05) is 133 Å². The van der Waals surface area contributed by atoms with Crippen LogP contribution in [0.2, 0.25) is 0 Å². The van der Waals surface area contributed by atoms with Crippen molar-refractivity contribution in [1.29, 1.82) is 0 Å². The normalized spacial score (nSPS) is 16.9. The lowest BCUT2D eigenvalue weighted by Crippen LogP contribution is -2.27. The predicted molar refractivity (Wildman–Crippen MR) is 210 cm³/mol. The summed E-state index contributed by atoms with van der Waals surface area (Å²) in [6, 6.07) is 58.2. The number of hydrogen-bond donors (Lipinski definition) is 0. The smallest absolute Gasteiger partial charge is 0.175 e. The summed E-state index contributed by atoms with van der Waals surface area (Å²) >= 11 is 0. The van der Waals surface area contributed by atoms with Crippen LogP contribution < -0.4 is 14.4 Å². The molecule has 0 amide bonds. The number of fused-ring (bicyclic) bond motifs is 13. The molecule has 1 atom stereocenters. The van der Waals surface area contributed by atoms with Crippen molar-refractivity contribution < 1.29 is 9.47 Å². The molecule has 0 N–H and O–H groups in total. The van der Waals surface area contributed by atoms with E-state index in [9.17, 15) is 0 Å². The molecular weight excluding hydrogens is 635 g/mol. The number of rotatable bonds is 4. The summed E-state index contributed by atoms with van der Waals surface area (Å²) in [6.45, 7) is 0. The maximum Gasteiger partial charge on any atom is 0.175 e. The molecule has 0 radical (unpaired) electrons. The van der Waals surface area contributed by atoms with Gasteiger partial charge in [0, 0.05) is 22.9 Å². The van der Waals surface area contributed by atoms with E-state index in [1.54, 1.807) is 0 Å². The predicted octanol–water partition coefficient (Wildman–Crippen LogP) is 13.2. The fourth-order valence-corrected chi connectivity index (χ4v) is 9.12. The quantitative estimate of drug-likeness (QED) is 0.186. The SMILES string of the molecule is C1=C2C(=CCC1)C1(c3ccccc32)c2ccccc2-c2ccc3c(c21)Oc1cc(N(c2ccccc2)c2ccccc2-c2ccccc2)ccc1O3. The topological polar surface area (TPSA) is 21.7 Å². The standard InChI is InChI=1S/C49H33NO2/c1-3-15-32(16-4-1)35-19-10-14-26-43(35)50(33-17-5-2-6-18-33)34-27-29-44-46(31-34)52-48-45(51-44)30-28-39-38-22-9-13-25-42(38)49(47(39)48)40-23-11-7-20-36(40)37-21-8-12-24-41(37)49/h1-7,9-11,13-31H,8,12H2. The Labute approximate surface area is 303 Å². The summed E-state index contributed by atoms with van der Waals surface area (Å²) in [5.74, 6) is 2.93. The van der Waals surface area contributed by atoms with Gasteiger partial charge in [-0.05, 0) is 93.8 Å². The first-order chi connectivity index (χ1) is 25.8. The molecule has 1 aliphatic heterocycles. The molecule has 52 heavy (non-hydrogen) atoms. The van der Waals surface area contributed by atoms with E-state index in [1.165, 1.54) is 44.5 Å². The molecule has 7 aromatic carbocycles. The largest absolute Gasteiger partial charge is 0.449 e. The summed E-state index contributed by atoms with van der Waals surface area (Å²) in [5.41, 5.74) is 15.2. The van der Waals surface area contributed by atoms with Crippen LogP contribution in [0.1, 0.15) is 35.1 Å². The van der Waals surface area contributed by atoms with E-state index in [1.807, 2.05) is 6.07 Å². The van der Waals surface area contributed by atoms with E-state index in [-0.39, 0.29) is 0 Å². The first kappa shape index (κ1) is 29.2. The Morgan fingerprint density at radius 2 is 1.12 bits per heavy atom. The first-order valence-corrected chi connectivity index (χ1v) is 18.1. The Hall–Kier alpha value is -6.58. The molecule has 0 aromatic heterocycles. The molecule has 0 saturated heterocycles. The van der Waals surface area contributed by atoms with Gasteiger partial charge in [0.05, 0.1) is 16.8 Å². The van der Waals surface area contributed by atoms with Crippen LogP contribution in [0.4, 0.5) is 17.1 Å². The van der Waals surface area contributed by atoms with Gasteiger partial charge >= 0.3 is 0 Å². The van der Waals surface area contributed by atoms with E-state index in [0.29, 0.717) is 11.5 Å². The van der Waals surface area contributed by atoms with Crippen molar-refractivity contribution in [3.05, 3.63) is 204 Å². The molecule has 11 rings (SSSR count). The summed E-state index contributed by atoms with van der Waals surface area (Å²) < 4.78 is 14.0. The maximum absolute atomic E-state index is 7.21. The number of allylic oxidation sites excluding steroid dienone is 4. The Morgan fingerprint density at radius 1 is 0.462 bits per heavy atom. The molecule has 1 spiro atoms. The van der Waals surface area contributed by atoms with Gasteiger partial charge in [0.2, 0.25) is 0 Å². The molecule has 3 aliphatic carbocycles.